The molecule has 0 unspecified atom stereocenters. The Kier molecular flexibility index (Phi) is 5.59. The number of aliphatic hydroxyl groups excluding tert-OH is 1. The molecule has 0 aliphatic carbocycles. The van der Waals surface area contributed by atoms with Crippen LogP contribution in [0.25, 0.3) is 10.9 Å². The molecule has 2 atom stereocenters. The smallest absolute Gasteiger partial charge is 0.134 e. The molecule has 0 aliphatic rings. The number of hydrogen-bond donors (Lipinski definition) is 4. The number of ether oxygens (including phenoxy) is 1. The highest BCUT2D eigenvalue weighted by atomic mass is 32.2. The van der Waals surface area contributed by atoms with Crippen molar-refractivity contribution in [1.82, 2.24) is 9.71 Å². The fourth-order valence-electron chi connectivity index (χ4n) is 2.57. The van der Waals surface area contributed by atoms with Crippen molar-refractivity contribution in [1.29, 1.82) is 4.78 Å². The van der Waals surface area contributed by atoms with Crippen LogP contribution in [0.2, 0.25) is 0 Å². The number of methoxy groups -OCH3 is 1. The predicted octanol–water partition coefficient (Wildman–Crippen LogP) is 3.28. The monoisotopic (exact) mass is 386 g/mol. The van der Waals surface area contributed by atoms with Gasteiger partial charge in [-0.3, -0.25) is 4.98 Å². The van der Waals surface area contributed by atoms with Gasteiger partial charge in [0.25, 0.3) is 0 Å². The number of nitrogens with zero attached hydrogens (tertiary/aromatic N) is 1. The summed E-state index contributed by atoms with van der Waals surface area (Å²) in [4.78, 5) is 4.72. The van der Waals surface area contributed by atoms with Gasteiger partial charge >= 0.3 is 0 Å². The second kappa shape index (κ2) is 7.91. The van der Waals surface area contributed by atoms with E-state index < -0.39 is 16.0 Å². The van der Waals surface area contributed by atoms with Crippen LogP contribution in [0, 0.1) is 4.78 Å². The number of benzene rings is 2. The van der Waals surface area contributed by atoms with Gasteiger partial charge in [0.15, 0.2) is 0 Å². The van der Waals surface area contributed by atoms with E-state index in [-0.39, 0.29) is 6.54 Å². The largest absolute Gasteiger partial charge is 0.497 e. The zero-order chi connectivity index (χ0) is 19.4. The first-order chi connectivity index (χ1) is 12.9. The molecule has 0 fully saturated rings. The number of aromatic nitrogens is 1. The summed E-state index contributed by atoms with van der Waals surface area (Å²) >= 11 is 0. The molecule has 8 heteroatoms. The van der Waals surface area contributed by atoms with Gasteiger partial charge in [-0.05, 0) is 49.4 Å². The van der Waals surface area contributed by atoms with E-state index >= 15 is 0 Å². The first-order valence-electron chi connectivity index (χ1n) is 8.40. The maximum absolute atomic E-state index is 12.4. The number of pyridine rings is 1. The summed E-state index contributed by atoms with van der Waals surface area (Å²) in [6.07, 6.45) is 1.05. The van der Waals surface area contributed by atoms with Crippen LogP contribution in [-0.2, 0) is 9.92 Å². The molecule has 0 saturated carbocycles. The summed E-state index contributed by atoms with van der Waals surface area (Å²) in [7, 11) is -1.53. The van der Waals surface area contributed by atoms with E-state index in [4.69, 9.17) is 9.52 Å². The highest BCUT2D eigenvalue weighted by molar-refractivity contribution is 7.90. The standard InChI is InChI=1S/C19H22N4O3S/c1-13(24)12-22-27(20,25)16-6-3-14(4-7-16)23-18-9-10-21-19-11-15(26-2)5-8-17(18)19/h3-11,13,24H,12H2,1-2H3,(H,21,23)(H2,20,22,25)/t13-,27+/m1/s1. The molecule has 2 aromatic carbocycles. The predicted molar refractivity (Wildman–Crippen MR) is 107 cm³/mol. The Hall–Kier alpha value is -2.68. The van der Waals surface area contributed by atoms with Gasteiger partial charge in [-0.1, -0.05) is 0 Å². The number of aliphatic hydroxyl groups is 1. The zero-order valence-corrected chi connectivity index (χ0v) is 15.9. The fraction of sp³-hybridized carbons (Fsp3) is 0.211. The van der Waals surface area contributed by atoms with Gasteiger partial charge in [-0.15, -0.1) is 0 Å². The maximum atomic E-state index is 12.4. The summed E-state index contributed by atoms with van der Waals surface area (Å²) in [5.74, 6) is 0.742. The van der Waals surface area contributed by atoms with Crippen LogP contribution in [0.1, 0.15) is 6.92 Å². The summed E-state index contributed by atoms with van der Waals surface area (Å²) in [5.41, 5.74) is 2.49. The highest BCUT2D eigenvalue weighted by Crippen LogP contribution is 2.28. The SMILES string of the molecule is COc1ccc2c(Nc3ccc([S@@](=N)(=O)NC[C@@H](C)O)cc3)ccnc2c1. The minimum Gasteiger partial charge on any atom is -0.497 e. The van der Waals surface area contributed by atoms with Gasteiger partial charge in [0.05, 0.1) is 23.6 Å². The average Bonchev–Trinajstić information content (AvgIpc) is 2.67. The van der Waals surface area contributed by atoms with Crippen LogP contribution >= 0.6 is 0 Å². The Morgan fingerprint density at radius 1 is 1.22 bits per heavy atom. The van der Waals surface area contributed by atoms with Crippen molar-refractivity contribution >= 4 is 32.2 Å². The third kappa shape index (κ3) is 4.54. The molecule has 1 aromatic heterocycles. The van der Waals surface area contributed by atoms with Gasteiger partial charge in [-0.25, -0.2) is 13.7 Å². The van der Waals surface area contributed by atoms with Crippen molar-refractivity contribution in [3.8, 4) is 5.75 Å². The second-order valence-corrected chi connectivity index (χ2v) is 8.02. The Labute approximate surface area is 158 Å². The molecule has 3 aromatic rings. The molecule has 0 radical (unpaired) electrons. The third-order valence-electron chi connectivity index (χ3n) is 4.00. The molecule has 0 saturated heterocycles. The fourth-order valence-corrected chi connectivity index (χ4v) is 3.73. The lowest BCUT2D eigenvalue weighted by Gasteiger charge is -2.13. The van der Waals surface area contributed by atoms with Gasteiger partial charge in [0.1, 0.15) is 15.7 Å². The van der Waals surface area contributed by atoms with Crippen molar-refractivity contribution < 1.29 is 14.1 Å². The van der Waals surface area contributed by atoms with Gasteiger partial charge in [0.2, 0.25) is 0 Å². The molecular formula is C19H22N4O3S. The molecule has 0 spiro atoms. The molecular weight excluding hydrogens is 364 g/mol. The van der Waals surface area contributed by atoms with Crippen LogP contribution in [0.15, 0.2) is 59.6 Å². The molecule has 4 N–H and O–H groups in total. The highest BCUT2D eigenvalue weighted by Gasteiger charge is 2.11. The van der Waals surface area contributed by atoms with E-state index in [9.17, 15) is 9.32 Å². The lowest BCUT2D eigenvalue weighted by Crippen LogP contribution is -2.29. The molecule has 142 valence electrons. The van der Waals surface area contributed by atoms with Crippen LogP contribution in [0.3, 0.4) is 0 Å². The summed E-state index contributed by atoms with van der Waals surface area (Å²) in [6.45, 7) is 1.67. The van der Waals surface area contributed by atoms with Crippen molar-refractivity contribution in [3.05, 3.63) is 54.7 Å². The van der Waals surface area contributed by atoms with E-state index in [0.29, 0.717) is 4.90 Å². The van der Waals surface area contributed by atoms with Crippen LogP contribution < -0.4 is 14.8 Å². The van der Waals surface area contributed by atoms with Gasteiger partial charge < -0.3 is 15.2 Å². The van der Waals surface area contributed by atoms with Crippen LogP contribution in [-0.4, -0.2) is 34.1 Å². The first-order valence-corrected chi connectivity index (χ1v) is 9.96. The topological polar surface area (TPSA) is 107 Å². The van der Waals surface area contributed by atoms with Crippen molar-refractivity contribution in [2.45, 2.75) is 17.9 Å². The minimum atomic E-state index is -3.15. The normalized spacial score (nSPS) is 14.5. The Balaban J connectivity index is 1.82. The Morgan fingerprint density at radius 3 is 2.63 bits per heavy atom. The molecule has 0 bridgehead atoms. The van der Waals surface area contributed by atoms with Gasteiger partial charge in [-0.2, -0.15) is 0 Å². The number of hydrogen-bond acceptors (Lipinski definition) is 6. The van der Waals surface area contributed by atoms with E-state index in [1.807, 2.05) is 24.3 Å². The Bertz CT molecular complexity index is 1030. The molecule has 0 aliphatic heterocycles. The van der Waals surface area contributed by atoms with Crippen molar-refractivity contribution in [3.63, 3.8) is 0 Å². The molecule has 3 rings (SSSR count). The summed E-state index contributed by atoms with van der Waals surface area (Å²) < 4.78 is 28.2. The lowest BCUT2D eigenvalue weighted by molar-refractivity contribution is 0.199. The van der Waals surface area contributed by atoms with E-state index in [1.165, 1.54) is 0 Å². The maximum Gasteiger partial charge on any atom is 0.134 e. The minimum absolute atomic E-state index is 0.0921. The zero-order valence-electron chi connectivity index (χ0n) is 15.1. The molecule has 7 nitrogen and oxygen atoms in total. The summed E-state index contributed by atoms with van der Waals surface area (Å²) in [6, 6.07) is 14.4. The number of rotatable bonds is 7. The molecule has 27 heavy (non-hydrogen) atoms. The van der Waals surface area contributed by atoms with Crippen molar-refractivity contribution in [2.24, 2.45) is 0 Å². The number of fused-ring (bicyclic) bond motifs is 1. The van der Waals surface area contributed by atoms with E-state index in [0.717, 1.165) is 28.0 Å². The average molecular weight is 386 g/mol. The van der Waals surface area contributed by atoms with Crippen LogP contribution in [0.5, 0.6) is 5.75 Å². The summed E-state index contributed by atoms with van der Waals surface area (Å²) in [5, 5.41) is 13.6. The third-order valence-corrected chi connectivity index (χ3v) is 5.51. The molecule has 0 amide bonds. The number of nitrogens with one attached hydrogen (secondary N) is 3. The van der Waals surface area contributed by atoms with E-state index in [1.54, 1.807) is 44.5 Å². The number of anilines is 2. The quantitative estimate of drug-likeness (QED) is 0.498. The first kappa shape index (κ1) is 19.1. The lowest BCUT2D eigenvalue weighted by atomic mass is 10.1. The van der Waals surface area contributed by atoms with Crippen LogP contribution in [0.4, 0.5) is 11.4 Å². The molecule has 1 heterocycles. The van der Waals surface area contributed by atoms with Crippen molar-refractivity contribution in [2.75, 3.05) is 19.0 Å². The second-order valence-electron chi connectivity index (χ2n) is 6.14. The van der Waals surface area contributed by atoms with Gasteiger partial charge in [0, 0.05) is 35.6 Å². The van der Waals surface area contributed by atoms with E-state index in [2.05, 4.69) is 15.0 Å². The Morgan fingerprint density at radius 2 is 1.96 bits per heavy atom.